The number of aliphatic hydroxyl groups is 2. The summed E-state index contributed by atoms with van der Waals surface area (Å²) in [5, 5.41) is 20.6. The third-order valence-corrected chi connectivity index (χ3v) is 19.4. The van der Waals surface area contributed by atoms with Crippen molar-refractivity contribution in [3.05, 3.63) is 109 Å². The summed E-state index contributed by atoms with van der Waals surface area (Å²) in [4.78, 5) is 58.6. The number of hydrogen-bond acceptors (Lipinski definition) is 14. The minimum atomic E-state index is -4.93. The highest BCUT2D eigenvalue weighted by Gasteiger charge is 2.29. The van der Waals surface area contributed by atoms with Crippen molar-refractivity contribution in [2.75, 3.05) is 39.6 Å². The van der Waals surface area contributed by atoms with Crippen molar-refractivity contribution in [3.8, 4) is 0 Å². The number of carbonyl (C=O) groups is 3. The molecule has 0 fully saturated rings. The van der Waals surface area contributed by atoms with Crippen LogP contribution in [0.2, 0.25) is 0 Å². The predicted molar refractivity (Wildman–Crippen MR) is 427 cm³/mol. The van der Waals surface area contributed by atoms with Gasteiger partial charge in [-0.05, 0) is 109 Å². The van der Waals surface area contributed by atoms with Gasteiger partial charge in [-0.15, -0.1) is 0 Å². The predicted octanol–water partition coefficient (Wildman–Crippen LogP) is 24.3. The molecular formula is C85H150O16P2. The van der Waals surface area contributed by atoms with E-state index in [2.05, 4.69) is 130 Å². The molecule has 0 aliphatic carbocycles. The van der Waals surface area contributed by atoms with Crippen molar-refractivity contribution >= 4 is 33.6 Å². The Kier molecular flexibility index (Phi) is 74.9. The first-order valence-electron chi connectivity index (χ1n) is 41.2. The average molecular weight is 1490 g/mol. The van der Waals surface area contributed by atoms with Crippen LogP contribution in [0, 0.1) is 0 Å². The van der Waals surface area contributed by atoms with E-state index in [9.17, 15) is 43.5 Å². The summed E-state index contributed by atoms with van der Waals surface area (Å²) < 4.78 is 61.1. The van der Waals surface area contributed by atoms with Gasteiger partial charge < -0.3 is 34.2 Å². The second-order valence-electron chi connectivity index (χ2n) is 27.6. The van der Waals surface area contributed by atoms with E-state index in [1.165, 1.54) is 154 Å². The molecule has 103 heavy (non-hydrogen) atoms. The maximum Gasteiger partial charge on any atom is 0.472 e. The number of allylic oxidation sites excluding steroid dienone is 18. The minimum absolute atomic E-state index is 0.106. The Morgan fingerprint density at radius 2 is 0.515 bits per heavy atom. The summed E-state index contributed by atoms with van der Waals surface area (Å²) in [5.41, 5.74) is 0. The normalized spacial score (nSPS) is 14.5. The van der Waals surface area contributed by atoms with Crippen molar-refractivity contribution < 1.29 is 75.8 Å². The molecule has 0 aliphatic heterocycles. The second kappa shape index (κ2) is 77.8. The van der Waals surface area contributed by atoms with Gasteiger partial charge in [0.25, 0.3) is 0 Å². The highest BCUT2D eigenvalue weighted by Crippen LogP contribution is 2.45. The molecule has 0 aromatic carbocycles. The third kappa shape index (κ3) is 79.1. The van der Waals surface area contributed by atoms with E-state index in [0.717, 1.165) is 141 Å². The molecule has 0 aliphatic rings. The lowest BCUT2D eigenvalue weighted by Crippen LogP contribution is -2.30. The number of hydrogen-bond donors (Lipinski definition) is 4. The Balaban J connectivity index is 4.37. The van der Waals surface area contributed by atoms with Gasteiger partial charge in [-0.2, -0.15) is 0 Å². The minimum Gasteiger partial charge on any atom is -0.463 e. The van der Waals surface area contributed by atoms with Crippen LogP contribution in [0.15, 0.2) is 109 Å². The van der Waals surface area contributed by atoms with Crippen LogP contribution in [0.3, 0.4) is 0 Å². The van der Waals surface area contributed by atoms with Crippen LogP contribution in [-0.2, 0) is 55.8 Å². The molecule has 0 saturated carbocycles. The maximum absolute atomic E-state index is 12.9. The Bertz CT molecular complexity index is 2310. The fraction of sp³-hybridized carbons (Fsp3) is 0.753. The van der Waals surface area contributed by atoms with Crippen molar-refractivity contribution in [2.24, 2.45) is 0 Å². The van der Waals surface area contributed by atoms with Crippen molar-refractivity contribution in [2.45, 2.75) is 373 Å². The molecule has 0 aromatic heterocycles. The number of ether oxygens (including phenoxy) is 3. The summed E-state index contributed by atoms with van der Waals surface area (Å²) in [6.45, 7) is 2.56. The van der Waals surface area contributed by atoms with Gasteiger partial charge in [0, 0.05) is 19.3 Å². The Morgan fingerprint density at radius 1 is 0.282 bits per heavy atom. The van der Waals surface area contributed by atoms with Crippen LogP contribution >= 0.6 is 15.6 Å². The highest BCUT2D eigenvalue weighted by molar-refractivity contribution is 7.47. The fourth-order valence-corrected chi connectivity index (χ4v) is 12.8. The van der Waals surface area contributed by atoms with Gasteiger partial charge in [0.2, 0.25) is 0 Å². The molecule has 0 spiro atoms. The zero-order chi connectivity index (χ0) is 75.2. The lowest BCUT2D eigenvalue weighted by molar-refractivity contribution is -0.161. The zero-order valence-electron chi connectivity index (χ0n) is 65.2. The van der Waals surface area contributed by atoms with Crippen LogP contribution in [0.4, 0.5) is 0 Å². The van der Waals surface area contributed by atoms with Crippen LogP contribution in [0.1, 0.15) is 355 Å². The van der Waals surface area contributed by atoms with E-state index in [-0.39, 0.29) is 19.3 Å². The summed E-state index contributed by atoms with van der Waals surface area (Å²) in [7, 11) is -9.78. The number of unbranched alkanes of at least 4 members (excludes halogenated alkanes) is 37. The molecule has 5 atom stereocenters. The number of carbonyl (C=O) groups excluding carboxylic acids is 3. The number of aliphatic hydroxyl groups excluding tert-OH is 2. The molecule has 16 nitrogen and oxygen atoms in total. The topological polar surface area (TPSA) is 231 Å². The first-order chi connectivity index (χ1) is 50.2. The number of phosphoric ester groups is 2. The summed E-state index contributed by atoms with van der Waals surface area (Å²) in [6.07, 6.45) is 91.5. The van der Waals surface area contributed by atoms with E-state index >= 15 is 0 Å². The molecule has 0 amide bonds. The first-order valence-corrected chi connectivity index (χ1v) is 44.2. The molecule has 18 heteroatoms. The third-order valence-electron chi connectivity index (χ3n) is 17.5. The summed E-state index contributed by atoms with van der Waals surface area (Å²) in [5.74, 6) is -1.57. The number of phosphoric acid groups is 2. The van der Waals surface area contributed by atoms with Gasteiger partial charge in [0.05, 0.1) is 26.4 Å². The van der Waals surface area contributed by atoms with Gasteiger partial charge in [-0.25, -0.2) is 9.13 Å². The molecule has 0 aromatic rings. The lowest BCUT2D eigenvalue weighted by Gasteiger charge is -2.21. The van der Waals surface area contributed by atoms with Gasteiger partial charge in [0.1, 0.15) is 25.4 Å². The summed E-state index contributed by atoms with van der Waals surface area (Å²) >= 11 is 0. The second-order valence-corrected chi connectivity index (χ2v) is 30.5. The van der Waals surface area contributed by atoms with Gasteiger partial charge >= 0.3 is 33.6 Å². The van der Waals surface area contributed by atoms with Crippen molar-refractivity contribution in [3.63, 3.8) is 0 Å². The van der Waals surface area contributed by atoms with Crippen LogP contribution in [-0.4, -0.2) is 95.9 Å². The lowest BCUT2D eigenvalue weighted by atomic mass is 10.0. The SMILES string of the molecule is CC/C=C\C/C=C\C/C=C\C/C=C\C/C=C\C/C=C\CCCCCCCCCCCCCCCCCCC(=O)OCC(O)COP(=O)(O)OCC(O)COP(=O)(O)OCC(COC(=O)CCCCCCCC/C=C\C/C=C\C/C=C\CCCCC)OC(=O)CCCCCCCCCCCCCCC. The molecule has 5 unspecified atom stereocenters. The van der Waals surface area contributed by atoms with Crippen LogP contribution < -0.4 is 0 Å². The average Bonchev–Trinajstić information content (AvgIpc) is 0.925. The Hall–Kier alpha value is -3.79. The monoisotopic (exact) mass is 1490 g/mol. The van der Waals surface area contributed by atoms with E-state index < -0.39 is 91.5 Å². The van der Waals surface area contributed by atoms with E-state index in [1.54, 1.807) is 0 Å². The molecule has 0 saturated heterocycles. The number of esters is 3. The quantitative estimate of drug-likeness (QED) is 0.0146. The Morgan fingerprint density at radius 3 is 0.835 bits per heavy atom. The molecule has 0 rings (SSSR count). The standard InChI is InChI=1S/C85H150O16P2/c1-4-7-10-13-16-19-22-25-27-29-31-32-33-34-35-36-37-38-39-40-41-42-43-44-45-46-48-50-51-54-56-59-62-65-68-71-83(88)95-74-80(86)75-97-102(91,92)98-76-81(87)77-99-103(93,94)100-79-82(101-85(90)73-70-67-64-61-58-53-24-21-18-15-12-9-6-3)78-96-84(89)72-69-66-63-60-57-55-52-49-47-30-28-26-23-20-17-14-11-8-5-2/h7,10,16-17,19-20,25-28,31-32,34-35,37-38,47,49,80-82,86-87H,4-6,8-9,11-15,18,21-24,29-30,33,36,39-46,48,50-79H2,1-3H3,(H,91,92)(H,93,94)/b10-7-,19-16-,20-17-,27-25-,28-26-,32-31-,35-34-,38-37-,49-47-. The van der Waals surface area contributed by atoms with Crippen molar-refractivity contribution in [1.29, 1.82) is 0 Å². The molecular weight excluding hydrogens is 1340 g/mol. The van der Waals surface area contributed by atoms with Crippen LogP contribution in [0.5, 0.6) is 0 Å². The van der Waals surface area contributed by atoms with Crippen molar-refractivity contribution in [1.82, 2.24) is 0 Å². The number of rotatable bonds is 78. The van der Waals surface area contributed by atoms with Gasteiger partial charge in [0.15, 0.2) is 6.10 Å². The molecule has 0 radical (unpaired) electrons. The molecule has 0 heterocycles. The Labute approximate surface area is 628 Å². The molecule has 596 valence electrons. The van der Waals surface area contributed by atoms with Crippen LogP contribution in [0.25, 0.3) is 0 Å². The smallest absolute Gasteiger partial charge is 0.463 e. The van der Waals surface area contributed by atoms with Gasteiger partial charge in [-0.1, -0.05) is 336 Å². The first kappa shape index (κ1) is 99.2. The van der Waals surface area contributed by atoms with E-state index in [0.29, 0.717) is 19.3 Å². The van der Waals surface area contributed by atoms with Gasteiger partial charge in [-0.3, -0.25) is 32.5 Å². The highest BCUT2D eigenvalue weighted by atomic mass is 31.2. The van der Waals surface area contributed by atoms with E-state index in [1.807, 2.05) is 0 Å². The largest absolute Gasteiger partial charge is 0.472 e. The van der Waals surface area contributed by atoms with E-state index in [4.69, 9.17) is 32.3 Å². The molecule has 4 N–H and O–H groups in total. The summed E-state index contributed by atoms with van der Waals surface area (Å²) in [6, 6.07) is 0. The fourth-order valence-electron chi connectivity index (χ4n) is 11.2. The zero-order valence-corrected chi connectivity index (χ0v) is 67.0. The maximum atomic E-state index is 12.9. The molecule has 0 bridgehead atoms.